The third-order valence-electron chi connectivity index (χ3n) is 1.09. The average Bonchev–Trinajstić information content (AvgIpc) is 2.36. The quantitative estimate of drug-likeness (QED) is 0.431. The summed E-state index contributed by atoms with van der Waals surface area (Å²) in [6.45, 7) is 0. The van der Waals surface area contributed by atoms with Gasteiger partial charge in [0.15, 0.2) is 11.5 Å². The van der Waals surface area contributed by atoms with Gasteiger partial charge in [0.25, 0.3) is 0 Å². The summed E-state index contributed by atoms with van der Waals surface area (Å²) in [7, 11) is 0. The van der Waals surface area contributed by atoms with Crippen molar-refractivity contribution in [3.8, 4) is 0 Å². The van der Waals surface area contributed by atoms with Gasteiger partial charge in [-0.05, 0) is 0 Å². The van der Waals surface area contributed by atoms with Gasteiger partial charge in [-0.2, -0.15) is 4.99 Å². The molecule has 0 saturated heterocycles. The van der Waals surface area contributed by atoms with Gasteiger partial charge < -0.3 is 0 Å². The summed E-state index contributed by atoms with van der Waals surface area (Å²) < 4.78 is 0. The molecule has 0 aliphatic carbocycles. The molecule has 0 unspecified atom stereocenters. The summed E-state index contributed by atoms with van der Waals surface area (Å²) in [4.78, 5) is 25.0. The minimum absolute atomic E-state index is 0.207. The number of amidine groups is 1. The van der Waals surface area contributed by atoms with E-state index < -0.39 is 5.91 Å². The topological polar surface area (TPSA) is 66.5 Å². The minimum Gasteiger partial charge on any atom is -0.265 e. The molecule has 47 valence electrons. The first-order valence-corrected chi connectivity index (χ1v) is 2.56. The van der Waals surface area contributed by atoms with Crippen molar-refractivity contribution in [2.24, 2.45) is 20.0 Å². The molecule has 1 amide bonds. The molecule has 0 N–H and O–H groups in total. The van der Waals surface area contributed by atoms with Gasteiger partial charge in [0, 0.05) is 0 Å². The fourth-order valence-corrected chi connectivity index (χ4v) is 0.664. The van der Waals surface area contributed by atoms with E-state index in [0.717, 1.165) is 0 Å². The van der Waals surface area contributed by atoms with Gasteiger partial charge in [-0.25, -0.2) is 15.0 Å². The van der Waals surface area contributed by atoms with Gasteiger partial charge >= 0.3 is 5.91 Å². The SMILES string of the molecule is O=C1N=[C]N=C2N=CN=C12. The van der Waals surface area contributed by atoms with Crippen molar-refractivity contribution in [2.75, 3.05) is 0 Å². The Hall–Kier alpha value is -1.65. The van der Waals surface area contributed by atoms with Crippen LogP contribution in [0.2, 0.25) is 0 Å². The summed E-state index contributed by atoms with van der Waals surface area (Å²) in [5.41, 5.74) is 0.207. The van der Waals surface area contributed by atoms with E-state index in [4.69, 9.17) is 0 Å². The fourth-order valence-electron chi connectivity index (χ4n) is 0.664. The first-order chi connectivity index (χ1) is 4.88. The van der Waals surface area contributed by atoms with Crippen molar-refractivity contribution in [1.82, 2.24) is 0 Å². The third-order valence-corrected chi connectivity index (χ3v) is 1.09. The second-order valence-electron chi connectivity index (χ2n) is 1.67. The zero-order chi connectivity index (χ0) is 6.97. The molecule has 1 radical (unpaired) electrons. The lowest BCUT2D eigenvalue weighted by Crippen LogP contribution is -2.21. The van der Waals surface area contributed by atoms with Crippen LogP contribution in [-0.2, 0) is 4.79 Å². The number of carbonyl (C=O) groups is 1. The molecule has 0 aromatic rings. The highest BCUT2D eigenvalue weighted by Gasteiger charge is 2.22. The van der Waals surface area contributed by atoms with Gasteiger partial charge in [0.2, 0.25) is 6.34 Å². The lowest BCUT2D eigenvalue weighted by atomic mass is 10.3. The lowest BCUT2D eigenvalue weighted by Gasteiger charge is -1.95. The Kier molecular flexibility index (Phi) is 0.858. The molecule has 0 atom stereocenters. The van der Waals surface area contributed by atoms with E-state index in [2.05, 4.69) is 26.3 Å². The van der Waals surface area contributed by atoms with Gasteiger partial charge in [-0.3, -0.25) is 4.79 Å². The molecular formula is C5HN4O. The number of aliphatic imine (C=N–C) groups is 4. The number of carbonyl (C=O) groups excluding carboxylic acids is 1. The van der Waals surface area contributed by atoms with Crippen LogP contribution < -0.4 is 0 Å². The van der Waals surface area contributed by atoms with E-state index in [1.54, 1.807) is 0 Å². The number of hydrogen-bond acceptors (Lipinski definition) is 4. The van der Waals surface area contributed by atoms with E-state index in [1.807, 2.05) is 0 Å². The van der Waals surface area contributed by atoms with Crippen LogP contribution in [0.15, 0.2) is 20.0 Å². The Bertz CT molecular complexity index is 304. The Morgan fingerprint density at radius 2 is 2.40 bits per heavy atom. The van der Waals surface area contributed by atoms with Crippen LogP contribution in [0.5, 0.6) is 0 Å². The van der Waals surface area contributed by atoms with E-state index >= 15 is 0 Å². The van der Waals surface area contributed by atoms with Gasteiger partial charge in [-0.15, -0.1) is 0 Å². The van der Waals surface area contributed by atoms with Crippen LogP contribution in [0.1, 0.15) is 0 Å². The summed E-state index contributed by atoms with van der Waals surface area (Å²) in [6, 6.07) is 0. The largest absolute Gasteiger partial charge is 0.301 e. The van der Waals surface area contributed by atoms with Crippen molar-refractivity contribution in [2.45, 2.75) is 0 Å². The van der Waals surface area contributed by atoms with E-state index in [0.29, 0.717) is 5.84 Å². The van der Waals surface area contributed by atoms with Gasteiger partial charge in [0.05, 0.1) is 0 Å². The molecule has 5 heteroatoms. The molecular weight excluding hydrogens is 132 g/mol. The monoisotopic (exact) mass is 133 g/mol. The summed E-state index contributed by atoms with van der Waals surface area (Å²) >= 11 is 0. The number of hydrogen-bond donors (Lipinski definition) is 0. The number of nitrogens with zero attached hydrogens (tertiary/aromatic N) is 4. The maximum absolute atomic E-state index is 10.8. The molecule has 2 aliphatic rings. The Morgan fingerprint density at radius 3 is 3.20 bits per heavy atom. The summed E-state index contributed by atoms with van der Waals surface area (Å²) in [5, 5.41) is 0. The fraction of sp³-hybridized carbons (Fsp3) is 0. The standard InChI is InChI=1S/C5HN4O/c10-5-3-4(7-1-6-3)8-2-9-5/h1H. The van der Waals surface area contributed by atoms with Crippen molar-refractivity contribution >= 4 is 30.1 Å². The number of fused-ring (bicyclic) bond motifs is 1. The van der Waals surface area contributed by atoms with Gasteiger partial charge in [-0.1, -0.05) is 0 Å². The van der Waals surface area contributed by atoms with E-state index in [-0.39, 0.29) is 5.71 Å². The first-order valence-electron chi connectivity index (χ1n) is 2.56. The molecule has 0 bridgehead atoms. The predicted octanol–water partition coefficient (Wildman–Crippen LogP) is -0.687. The maximum atomic E-state index is 10.8. The molecule has 10 heavy (non-hydrogen) atoms. The maximum Gasteiger partial charge on any atom is 0.301 e. The molecule has 5 nitrogen and oxygen atoms in total. The molecule has 0 fully saturated rings. The zero-order valence-corrected chi connectivity index (χ0v) is 4.77. The first kappa shape index (κ1) is 5.16. The molecule has 0 aromatic heterocycles. The Morgan fingerprint density at radius 1 is 1.50 bits per heavy atom. The Balaban J connectivity index is 2.54. The minimum atomic E-state index is -0.428. The molecule has 0 aromatic carbocycles. The molecule has 2 heterocycles. The summed E-state index contributed by atoms with van der Waals surface area (Å²) in [5.74, 6) is -0.123. The number of rotatable bonds is 0. The van der Waals surface area contributed by atoms with Crippen LogP contribution in [0, 0.1) is 0 Å². The predicted molar refractivity (Wildman–Crippen MR) is 35.8 cm³/mol. The normalized spacial score (nSPS) is 20.6. The van der Waals surface area contributed by atoms with E-state index in [1.165, 1.54) is 6.34 Å². The van der Waals surface area contributed by atoms with Crippen molar-refractivity contribution < 1.29 is 4.79 Å². The highest BCUT2D eigenvalue weighted by Crippen LogP contribution is 1.99. The van der Waals surface area contributed by atoms with Crippen molar-refractivity contribution in [3.05, 3.63) is 0 Å². The lowest BCUT2D eigenvalue weighted by molar-refractivity contribution is -0.111. The van der Waals surface area contributed by atoms with E-state index in [9.17, 15) is 4.79 Å². The molecule has 2 rings (SSSR count). The third kappa shape index (κ3) is 0.540. The average molecular weight is 133 g/mol. The highest BCUT2D eigenvalue weighted by atomic mass is 16.1. The molecule has 0 saturated carbocycles. The van der Waals surface area contributed by atoms with Crippen molar-refractivity contribution in [3.63, 3.8) is 0 Å². The summed E-state index contributed by atoms with van der Waals surface area (Å²) in [6.07, 6.45) is 3.45. The van der Waals surface area contributed by atoms with Crippen LogP contribution in [0.25, 0.3) is 0 Å². The van der Waals surface area contributed by atoms with Crippen LogP contribution in [-0.4, -0.2) is 30.1 Å². The zero-order valence-electron chi connectivity index (χ0n) is 4.77. The second-order valence-corrected chi connectivity index (χ2v) is 1.67. The Labute approximate surface area is 55.9 Å². The second kappa shape index (κ2) is 1.66. The van der Waals surface area contributed by atoms with Gasteiger partial charge in [0.1, 0.15) is 6.34 Å². The van der Waals surface area contributed by atoms with Crippen molar-refractivity contribution in [1.29, 1.82) is 0 Å². The molecule has 2 aliphatic heterocycles. The molecule has 0 spiro atoms. The van der Waals surface area contributed by atoms with Crippen LogP contribution >= 0.6 is 0 Å². The number of amides is 1. The van der Waals surface area contributed by atoms with Crippen LogP contribution in [0.3, 0.4) is 0 Å². The van der Waals surface area contributed by atoms with Crippen LogP contribution in [0.4, 0.5) is 0 Å². The smallest absolute Gasteiger partial charge is 0.265 e. The highest BCUT2D eigenvalue weighted by molar-refractivity contribution is 6.70.